The van der Waals surface area contributed by atoms with Crippen LogP contribution in [0.5, 0.6) is 5.75 Å². The number of hydrogen-bond acceptors (Lipinski definition) is 4. The summed E-state index contributed by atoms with van der Waals surface area (Å²) < 4.78 is 5.22. The molecular formula is C21H23N3O3. The maximum absolute atomic E-state index is 13.4. The highest BCUT2D eigenvalue weighted by Crippen LogP contribution is 2.50. The average molecular weight is 365 g/mol. The molecule has 4 rings (SSSR count). The number of methoxy groups -OCH3 is 1. The zero-order chi connectivity index (χ0) is 19.0. The summed E-state index contributed by atoms with van der Waals surface area (Å²) in [4.78, 5) is 30.6. The van der Waals surface area contributed by atoms with Gasteiger partial charge in [0, 0.05) is 19.3 Å². The highest BCUT2D eigenvalue weighted by molar-refractivity contribution is 5.98. The number of benzene rings is 1. The van der Waals surface area contributed by atoms with Gasteiger partial charge < -0.3 is 4.74 Å². The van der Waals surface area contributed by atoms with Crippen LogP contribution in [0.25, 0.3) is 0 Å². The minimum absolute atomic E-state index is 0.0139. The number of ether oxygens (including phenoxy) is 1. The zero-order valence-electron chi connectivity index (χ0n) is 15.6. The summed E-state index contributed by atoms with van der Waals surface area (Å²) in [5.41, 5.74) is 1.70. The highest BCUT2D eigenvalue weighted by Gasteiger charge is 2.55. The van der Waals surface area contributed by atoms with Crippen LogP contribution in [0.15, 0.2) is 42.6 Å². The zero-order valence-corrected chi connectivity index (χ0v) is 15.6. The van der Waals surface area contributed by atoms with Crippen LogP contribution < -0.4 is 4.74 Å². The van der Waals surface area contributed by atoms with Gasteiger partial charge in [-0.3, -0.25) is 19.6 Å². The first-order valence-corrected chi connectivity index (χ1v) is 9.27. The molecule has 2 heterocycles. The van der Waals surface area contributed by atoms with Crippen molar-refractivity contribution in [3.8, 4) is 5.75 Å². The number of hydrazine groups is 1. The molecule has 0 N–H and O–H groups in total. The van der Waals surface area contributed by atoms with Gasteiger partial charge in [0.15, 0.2) is 0 Å². The Morgan fingerprint density at radius 3 is 2.41 bits per heavy atom. The largest absolute Gasteiger partial charge is 0.497 e. The van der Waals surface area contributed by atoms with Crippen LogP contribution in [0.4, 0.5) is 0 Å². The molecule has 1 aliphatic heterocycles. The summed E-state index contributed by atoms with van der Waals surface area (Å²) in [5.74, 6) is 0.629. The summed E-state index contributed by atoms with van der Waals surface area (Å²) in [6.45, 7) is 2.94. The number of carbonyl (C=O) groups is 2. The third kappa shape index (κ3) is 2.95. The standard InChI is InChI=1S/C21H23N3O3/c1-15-18(5-3-12-22-15)19(25)23-13-4-14-24(23)20(26)21(10-11-21)16-6-8-17(27-2)9-7-16/h3,5-9,12H,4,10-11,13-14H2,1-2H3. The Balaban J connectivity index is 1.59. The van der Waals surface area contributed by atoms with E-state index in [4.69, 9.17) is 4.74 Å². The lowest BCUT2D eigenvalue weighted by atomic mass is 9.94. The first-order chi connectivity index (χ1) is 13.1. The molecule has 2 amide bonds. The number of carbonyl (C=O) groups excluding carboxylic acids is 2. The van der Waals surface area contributed by atoms with E-state index in [0.717, 1.165) is 30.6 Å². The molecule has 1 aliphatic carbocycles. The van der Waals surface area contributed by atoms with Crippen LogP contribution in [0.1, 0.15) is 40.9 Å². The Bertz CT molecular complexity index is 874. The Kier molecular flexibility index (Phi) is 4.34. The van der Waals surface area contributed by atoms with Gasteiger partial charge in [0.2, 0.25) is 0 Å². The molecule has 1 aromatic heterocycles. The van der Waals surface area contributed by atoms with Crippen LogP contribution in [-0.4, -0.2) is 47.0 Å². The van der Waals surface area contributed by atoms with E-state index in [1.54, 1.807) is 35.5 Å². The smallest absolute Gasteiger partial charge is 0.274 e. The molecule has 140 valence electrons. The van der Waals surface area contributed by atoms with Gasteiger partial charge in [0.05, 0.1) is 23.8 Å². The molecule has 2 fully saturated rings. The van der Waals surface area contributed by atoms with E-state index >= 15 is 0 Å². The fraction of sp³-hybridized carbons (Fsp3) is 0.381. The van der Waals surface area contributed by atoms with E-state index < -0.39 is 5.41 Å². The van der Waals surface area contributed by atoms with Crippen molar-refractivity contribution >= 4 is 11.8 Å². The van der Waals surface area contributed by atoms with E-state index in [-0.39, 0.29) is 11.8 Å². The van der Waals surface area contributed by atoms with E-state index in [2.05, 4.69) is 4.98 Å². The van der Waals surface area contributed by atoms with Crippen molar-refractivity contribution in [3.05, 3.63) is 59.4 Å². The lowest BCUT2D eigenvalue weighted by molar-refractivity contribution is -0.143. The number of hydrogen-bond donors (Lipinski definition) is 0. The topological polar surface area (TPSA) is 62.7 Å². The third-order valence-corrected chi connectivity index (χ3v) is 5.54. The van der Waals surface area contributed by atoms with Gasteiger partial charge >= 0.3 is 0 Å². The Morgan fingerprint density at radius 1 is 1.07 bits per heavy atom. The van der Waals surface area contributed by atoms with Crippen LogP contribution in [0, 0.1) is 6.92 Å². The number of amides is 2. The lowest BCUT2D eigenvalue weighted by Crippen LogP contribution is -2.49. The summed E-state index contributed by atoms with van der Waals surface area (Å²) in [7, 11) is 1.63. The van der Waals surface area contributed by atoms with Crippen molar-refractivity contribution in [1.82, 2.24) is 15.0 Å². The highest BCUT2D eigenvalue weighted by atomic mass is 16.5. The van der Waals surface area contributed by atoms with Gasteiger partial charge in [0.1, 0.15) is 5.75 Å². The van der Waals surface area contributed by atoms with E-state index in [1.165, 1.54) is 0 Å². The molecule has 0 unspecified atom stereocenters. The molecular weight excluding hydrogens is 342 g/mol. The summed E-state index contributed by atoms with van der Waals surface area (Å²) in [5, 5.41) is 3.24. The van der Waals surface area contributed by atoms with Crippen molar-refractivity contribution in [2.75, 3.05) is 20.2 Å². The first kappa shape index (κ1) is 17.5. The lowest BCUT2D eigenvalue weighted by Gasteiger charge is -2.31. The maximum atomic E-state index is 13.4. The molecule has 1 saturated carbocycles. The molecule has 6 heteroatoms. The summed E-state index contributed by atoms with van der Waals surface area (Å²) >= 11 is 0. The SMILES string of the molecule is COc1ccc(C2(C(=O)N3CCCN3C(=O)c3cccnc3C)CC2)cc1. The summed E-state index contributed by atoms with van der Waals surface area (Å²) in [6.07, 6.45) is 4.07. The molecule has 0 atom stereocenters. The normalized spacial score (nSPS) is 17.7. The maximum Gasteiger partial charge on any atom is 0.274 e. The fourth-order valence-electron chi connectivity index (χ4n) is 3.79. The quantitative estimate of drug-likeness (QED) is 0.836. The van der Waals surface area contributed by atoms with Crippen molar-refractivity contribution in [2.24, 2.45) is 0 Å². The van der Waals surface area contributed by atoms with Crippen LogP contribution in [0.2, 0.25) is 0 Å². The second kappa shape index (κ2) is 6.68. The molecule has 2 aliphatic rings. The number of nitrogens with zero attached hydrogens (tertiary/aromatic N) is 3. The monoisotopic (exact) mass is 365 g/mol. The van der Waals surface area contributed by atoms with E-state index in [9.17, 15) is 9.59 Å². The van der Waals surface area contributed by atoms with Crippen LogP contribution >= 0.6 is 0 Å². The van der Waals surface area contributed by atoms with Gasteiger partial charge in [-0.05, 0) is 56.0 Å². The van der Waals surface area contributed by atoms with E-state index in [1.807, 2.05) is 31.2 Å². The van der Waals surface area contributed by atoms with Gasteiger partial charge in [-0.2, -0.15) is 0 Å². The van der Waals surface area contributed by atoms with Gasteiger partial charge in [-0.25, -0.2) is 5.01 Å². The Morgan fingerprint density at radius 2 is 1.78 bits per heavy atom. The molecule has 0 bridgehead atoms. The Labute approximate surface area is 158 Å². The molecule has 0 spiro atoms. The number of aryl methyl sites for hydroxylation is 1. The molecule has 1 aromatic carbocycles. The van der Waals surface area contributed by atoms with Crippen molar-refractivity contribution < 1.29 is 14.3 Å². The second-order valence-electron chi connectivity index (χ2n) is 7.16. The van der Waals surface area contributed by atoms with Crippen LogP contribution in [-0.2, 0) is 10.2 Å². The fourth-order valence-corrected chi connectivity index (χ4v) is 3.79. The molecule has 1 saturated heterocycles. The summed E-state index contributed by atoms with van der Waals surface area (Å²) in [6, 6.07) is 11.2. The van der Waals surface area contributed by atoms with Crippen LogP contribution in [0.3, 0.4) is 0 Å². The molecule has 2 aromatic rings. The molecule has 27 heavy (non-hydrogen) atoms. The molecule has 6 nitrogen and oxygen atoms in total. The van der Waals surface area contributed by atoms with Crippen molar-refractivity contribution in [2.45, 2.75) is 31.6 Å². The van der Waals surface area contributed by atoms with Gasteiger partial charge in [-0.1, -0.05) is 12.1 Å². The van der Waals surface area contributed by atoms with Crippen molar-refractivity contribution in [1.29, 1.82) is 0 Å². The minimum atomic E-state index is -0.515. The van der Waals surface area contributed by atoms with E-state index in [0.29, 0.717) is 24.3 Å². The second-order valence-corrected chi connectivity index (χ2v) is 7.16. The van der Waals surface area contributed by atoms with Gasteiger partial charge in [-0.15, -0.1) is 0 Å². The first-order valence-electron chi connectivity index (χ1n) is 9.27. The predicted molar refractivity (Wildman–Crippen MR) is 100 cm³/mol. The number of aromatic nitrogens is 1. The predicted octanol–water partition coefficient (Wildman–Crippen LogP) is 2.72. The Hall–Kier alpha value is -2.89. The molecule has 0 radical (unpaired) electrons. The minimum Gasteiger partial charge on any atom is -0.497 e. The third-order valence-electron chi connectivity index (χ3n) is 5.54. The number of pyridine rings is 1. The average Bonchev–Trinajstić information content (AvgIpc) is 3.37. The van der Waals surface area contributed by atoms with Crippen molar-refractivity contribution in [3.63, 3.8) is 0 Å². The van der Waals surface area contributed by atoms with Gasteiger partial charge in [0.25, 0.3) is 11.8 Å². The number of rotatable bonds is 4.